The number of rotatable bonds is 7. The summed E-state index contributed by atoms with van der Waals surface area (Å²) in [6.45, 7) is -0.395. The maximum absolute atomic E-state index is 12.5. The topological polar surface area (TPSA) is 126 Å². The van der Waals surface area contributed by atoms with Gasteiger partial charge in [-0.3, -0.25) is 19.7 Å². The number of nitro benzene ring substituents is 1. The SMILES string of the molecule is COc1ccc([N+](=O)[O-])cc1NC(=O)Cn1nc(-c2ccccc2OC)ccc1=O. The van der Waals surface area contributed by atoms with E-state index in [9.17, 15) is 19.7 Å². The monoisotopic (exact) mass is 410 g/mol. The number of nitrogens with zero attached hydrogens (tertiary/aromatic N) is 3. The van der Waals surface area contributed by atoms with Gasteiger partial charge in [0.2, 0.25) is 5.91 Å². The number of carbonyl (C=O) groups excluding carboxylic acids is 1. The molecule has 1 N–H and O–H groups in total. The Morgan fingerprint density at radius 2 is 1.83 bits per heavy atom. The lowest BCUT2D eigenvalue weighted by Gasteiger charge is -2.12. The van der Waals surface area contributed by atoms with Crippen LogP contribution >= 0.6 is 0 Å². The summed E-state index contributed by atoms with van der Waals surface area (Å²) in [5.74, 6) is 0.221. The van der Waals surface area contributed by atoms with Crippen molar-refractivity contribution < 1.29 is 19.2 Å². The number of anilines is 1. The van der Waals surface area contributed by atoms with Gasteiger partial charge in [0, 0.05) is 23.8 Å². The van der Waals surface area contributed by atoms with Crippen LogP contribution in [0.5, 0.6) is 11.5 Å². The summed E-state index contributed by atoms with van der Waals surface area (Å²) in [5.41, 5.74) is 0.544. The third kappa shape index (κ3) is 4.43. The largest absolute Gasteiger partial charge is 0.496 e. The molecule has 0 aliphatic rings. The first-order valence-electron chi connectivity index (χ1n) is 8.76. The van der Waals surface area contributed by atoms with Gasteiger partial charge in [-0.1, -0.05) is 12.1 Å². The summed E-state index contributed by atoms with van der Waals surface area (Å²) in [7, 11) is 2.90. The molecule has 0 fully saturated rings. The first-order chi connectivity index (χ1) is 14.4. The Balaban J connectivity index is 1.87. The summed E-state index contributed by atoms with van der Waals surface area (Å²) in [5, 5.41) is 17.8. The van der Waals surface area contributed by atoms with E-state index in [0.717, 1.165) is 4.68 Å². The molecule has 0 bridgehead atoms. The highest BCUT2D eigenvalue weighted by atomic mass is 16.6. The van der Waals surface area contributed by atoms with Crippen molar-refractivity contribution in [2.24, 2.45) is 0 Å². The van der Waals surface area contributed by atoms with Crippen molar-refractivity contribution in [2.75, 3.05) is 19.5 Å². The highest BCUT2D eigenvalue weighted by molar-refractivity contribution is 5.92. The Hall–Kier alpha value is -4.21. The van der Waals surface area contributed by atoms with Crippen molar-refractivity contribution in [3.63, 3.8) is 0 Å². The molecule has 3 rings (SSSR count). The van der Waals surface area contributed by atoms with E-state index in [-0.39, 0.29) is 17.1 Å². The van der Waals surface area contributed by atoms with Gasteiger partial charge in [-0.2, -0.15) is 5.10 Å². The average molecular weight is 410 g/mol. The van der Waals surface area contributed by atoms with E-state index >= 15 is 0 Å². The molecule has 3 aromatic rings. The molecule has 10 nitrogen and oxygen atoms in total. The normalized spacial score (nSPS) is 10.3. The van der Waals surface area contributed by atoms with Crippen molar-refractivity contribution in [3.05, 3.63) is 75.1 Å². The zero-order chi connectivity index (χ0) is 21.7. The minimum absolute atomic E-state index is 0.116. The molecule has 154 valence electrons. The molecule has 30 heavy (non-hydrogen) atoms. The summed E-state index contributed by atoms with van der Waals surface area (Å²) in [6.07, 6.45) is 0. The number of hydrogen-bond acceptors (Lipinski definition) is 7. The van der Waals surface area contributed by atoms with Gasteiger partial charge in [-0.05, 0) is 24.3 Å². The number of nitro groups is 1. The lowest BCUT2D eigenvalue weighted by Crippen LogP contribution is -2.29. The quantitative estimate of drug-likeness (QED) is 0.468. The number of benzene rings is 2. The molecule has 0 saturated carbocycles. The van der Waals surface area contributed by atoms with Crippen LogP contribution in [0.15, 0.2) is 59.4 Å². The van der Waals surface area contributed by atoms with Gasteiger partial charge >= 0.3 is 0 Å². The van der Waals surface area contributed by atoms with Gasteiger partial charge in [-0.15, -0.1) is 0 Å². The summed E-state index contributed by atoms with van der Waals surface area (Å²) in [6, 6.07) is 13.8. The lowest BCUT2D eigenvalue weighted by atomic mass is 10.1. The Labute approximate surface area is 170 Å². The van der Waals surface area contributed by atoms with E-state index in [2.05, 4.69) is 10.4 Å². The maximum Gasteiger partial charge on any atom is 0.271 e. The van der Waals surface area contributed by atoms with Crippen LogP contribution in [0.2, 0.25) is 0 Å². The zero-order valence-electron chi connectivity index (χ0n) is 16.2. The van der Waals surface area contributed by atoms with Crippen molar-refractivity contribution in [3.8, 4) is 22.8 Å². The van der Waals surface area contributed by atoms with Crippen LogP contribution in [0.4, 0.5) is 11.4 Å². The van der Waals surface area contributed by atoms with Crippen molar-refractivity contribution >= 4 is 17.3 Å². The third-order valence-electron chi connectivity index (χ3n) is 4.21. The molecule has 2 aromatic carbocycles. The minimum Gasteiger partial charge on any atom is -0.496 e. The first-order valence-corrected chi connectivity index (χ1v) is 8.76. The molecule has 1 heterocycles. The van der Waals surface area contributed by atoms with E-state index in [4.69, 9.17) is 9.47 Å². The number of para-hydroxylation sites is 1. The first kappa shape index (κ1) is 20.5. The summed E-state index contributed by atoms with van der Waals surface area (Å²) in [4.78, 5) is 35.1. The molecule has 1 aromatic heterocycles. The van der Waals surface area contributed by atoms with E-state index in [1.54, 1.807) is 24.3 Å². The fourth-order valence-corrected chi connectivity index (χ4v) is 2.80. The Morgan fingerprint density at radius 1 is 1.10 bits per heavy atom. The molecule has 10 heteroatoms. The van der Waals surface area contributed by atoms with Crippen LogP contribution in [-0.2, 0) is 11.3 Å². The molecule has 0 unspecified atom stereocenters. The second-order valence-corrected chi connectivity index (χ2v) is 6.10. The number of non-ortho nitro benzene ring substituents is 1. The number of carbonyl (C=O) groups is 1. The highest BCUT2D eigenvalue weighted by Gasteiger charge is 2.15. The zero-order valence-corrected chi connectivity index (χ0v) is 16.2. The van der Waals surface area contributed by atoms with Crippen LogP contribution in [0.25, 0.3) is 11.3 Å². The number of amides is 1. The summed E-state index contributed by atoms with van der Waals surface area (Å²) >= 11 is 0. The fourth-order valence-electron chi connectivity index (χ4n) is 2.80. The van der Waals surface area contributed by atoms with Crippen LogP contribution < -0.4 is 20.3 Å². The van der Waals surface area contributed by atoms with Gasteiger partial charge in [0.05, 0.1) is 30.5 Å². The van der Waals surface area contributed by atoms with Crippen molar-refractivity contribution in [2.45, 2.75) is 6.54 Å². The van der Waals surface area contributed by atoms with Crippen molar-refractivity contribution in [1.82, 2.24) is 9.78 Å². The fraction of sp³-hybridized carbons (Fsp3) is 0.150. The Kier molecular flexibility index (Phi) is 6.06. The molecule has 0 saturated heterocycles. The van der Waals surface area contributed by atoms with Crippen LogP contribution in [0.3, 0.4) is 0 Å². The lowest BCUT2D eigenvalue weighted by molar-refractivity contribution is -0.384. The Morgan fingerprint density at radius 3 is 2.53 bits per heavy atom. The van der Waals surface area contributed by atoms with Gasteiger partial charge in [0.1, 0.15) is 18.0 Å². The van der Waals surface area contributed by atoms with Crippen LogP contribution in [0, 0.1) is 10.1 Å². The van der Waals surface area contributed by atoms with Gasteiger partial charge in [0.15, 0.2) is 0 Å². The molecule has 0 aliphatic heterocycles. The maximum atomic E-state index is 12.5. The van der Waals surface area contributed by atoms with E-state index in [1.807, 2.05) is 0 Å². The van der Waals surface area contributed by atoms with Gasteiger partial charge in [-0.25, -0.2) is 4.68 Å². The molecule has 0 radical (unpaired) electrons. The van der Waals surface area contributed by atoms with E-state index < -0.39 is 22.9 Å². The average Bonchev–Trinajstić information content (AvgIpc) is 2.75. The number of methoxy groups -OCH3 is 2. The molecule has 0 atom stereocenters. The van der Waals surface area contributed by atoms with Crippen LogP contribution in [0.1, 0.15) is 0 Å². The van der Waals surface area contributed by atoms with E-state index in [1.165, 1.54) is 44.6 Å². The number of hydrogen-bond donors (Lipinski definition) is 1. The number of ether oxygens (including phenoxy) is 2. The third-order valence-corrected chi connectivity index (χ3v) is 4.21. The van der Waals surface area contributed by atoms with E-state index in [0.29, 0.717) is 17.0 Å². The summed E-state index contributed by atoms with van der Waals surface area (Å²) < 4.78 is 11.4. The van der Waals surface area contributed by atoms with Gasteiger partial charge in [0.25, 0.3) is 11.2 Å². The number of aromatic nitrogens is 2. The predicted molar refractivity (Wildman–Crippen MR) is 109 cm³/mol. The smallest absolute Gasteiger partial charge is 0.271 e. The van der Waals surface area contributed by atoms with Gasteiger partial charge < -0.3 is 14.8 Å². The number of nitrogens with one attached hydrogen (secondary N) is 1. The predicted octanol–water partition coefficient (Wildman–Crippen LogP) is 2.47. The molecular weight excluding hydrogens is 392 g/mol. The van der Waals surface area contributed by atoms with Crippen molar-refractivity contribution in [1.29, 1.82) is 0 Å². The second kappa shape index (κ2) is 8.86. The Bertz CT molecular complexity index is 1160. The molecule has 0 spiro atoms. The standard InChI is InChI=1S/C20H18N4O6/c1-29-17-6-4-3-5-14(17)15-8-10-20(26)23(22-15)12-19(25)21-16-11-13(24(27)28)7-9-18(16)30-2/h3-11H,12H2,1-2H3,(H,21,25). The molecule has 1 amide bonds. The van der Waals surface area contributed by atoms with Crippen LogP contribution in [-0.4, -0.2) is 34.8 Å². The molecular formula is C20H18N4O6. The minimum atomic E-state index is -0.597. The highest BCUT2D eigenvalue weighted by Crippen LogP contribution is 2.29. The molecule has 0 aliphatic carbocycles. The second-order valence-electron chi connectivity index (χ2n) is 6.10.